The van der Waals surface area contributed by atoms with E-state index in [1.54, 1.807) is 18.0 Å². The second-order valence-electron chi connectivity index (χ2n) is 4.12. The number of hydrogen-bond donors (Lipinski definition) is 1. The van der Waals surface area contributed by atoms with E-state index in [1.807, 2.05) is 24.3 Å². The predicted molar refractivity (Wildman–Crippen MR) is 81.7 cm³/mol. The van der Waals surface area contributed by atoms with Crippen LogP contribution in [0.25, 0.3) is 0 Å². The average Bonchev–Trinajstić information content (AvgIpc) is 2.92. The molecule has 0 saturated carbocycles. The summed E-state index contributed by atoms with van der Waals surface area (Å²) < 4.78 is 5.29. The molecule has 0 saturated heterocycles. The largest absolute Gasteiger partial charge is 0.468 e. The van der Waals surface area contributed by atoms with Gasteiger partial charge < -0.3 is 9.73 Å². The van der Waals surface area contributed by atoms with E-state index in [4.69, 9.17) is 16.0 Å². The number of furan rings is 1. The number of pyridine rings is 1. The van der Waals surface area contributed by atoms with E-state index in [0.29, 0.717) is 5.02 Å². The second-order valence-corrected chi connectivity index (χ2v) is 5.52. The predicted octanol–water partition coefficient (Wildman–Crippen LogP) is 4.58. The number of halogens is 1. The molecule has 0 aliphatic rings. The Hall–Kier alpha value is -1.13. The van der Waals surface area contributed by atoms with Gasteiger partial charge in [0.25, 0.3) is 0 Å². The van der Waals surface area contributed by atoms with Crippen molar-refractivity contribution in [1.29, 1.82) is 0 Å². The van der Waals surface area contributed by atoms with E-state index in [0.717, 1.165) is 41.7 Å². The van der Waals surface area contributed by atoms with Gasteiger partial charge in [-0.1, -0.05) is 18.5 Å². The Labute approximate surface area is 122 Å². The fourth-order valence-electron chi connectivity index (χ4n) is 1.58. The van der Waals surface area contributed by atoms with Crippen molar-refractivity contribution in [2.24, 2.45) is 0 Å². The highest BCUT2D eigenvalue weighted by atomic mass is 35.5. The quantitative estimate of drug-likeness (QED) is 0.811. The monoisotopic (exact) mass is 296 g/mol. The van der Waals surface area contributed by atoms with Crippen LogP contribution >= 0.6 is 23.4 Å². The van der Waals surface area contributed by atoms with Gasteiger partial charge in [0.05, 0.1) is 22.7 Å². The lowest BCUT2D eigenvalue weighted by Crippen LogP contribution is -2.03. The Morgan fingerprint density at radius 2 is 2.21 bits per heavy atom. The van der Waals surface area contributed by atoms with E-state index >= 15 is 0 Å². The van der Waals surface area contributed by atoms with Gasteiger partial charge in [-0.3, -0.25) is 0 Å². The van der Waals surface area contributed by atoms with E-state index < -0.39 is 0 Å². The summed E-state index contributed by atoms with van der Waals surface area (Å²) in [5.74, 6) is 3.47. The fraction of sp³-hybridized carbons (Fsp3) is 0.357. The Morgan fingerprint density at radius 1 is 1.32 bits per heavy atom. The Balaban J connectivity index is 1.90. The number of hydrogen-bond acceptors (Lipinski definition) is 4. The smallest absolute Gasteiger partial charge is 0.126 e. The fourth-order valence-corrected chi connectivity index (χ4v) is 2.71. The SMILES string of the molecule is CCCNc1ccc(Cl)c(CSCc2ccco2)n1. The third-order valence-electron chi connectivity index (χ3n) is 2.54. The third-order valence-corrected chi connectivity index (χ3v) is 3.85. The Bertz CT molecular complexity index is 502. The van der Waals surface area contributed by atoms with Crippen molar-refractivity contribution in [3.63, 3.8) is 0 Å². The second kappa shape index (κ2) is 7.46. The Morgan fingerprint density at radius 3 is 2.95 bits per heavy atom. The summed E-state index contributed by atoms with van der Waals surface area (Å²) in [6.45, 7) is 3.05. The molecule has 2 aromatic rings. The van der Waals surface area contributed by atoms with Crippen molar-refractivity contribution in [2.75, 3.05) is 11.9 Å². The van der Waals surface area contributed by atoms with Gasteiger partial charge in [0, 0.05) is 12.3 Å². The van der Waals surface area contributed by atoms with Gasteiger partial charge in [-0.2, -0.15) is 0 Å². The van der Waals surface area contributed by atoms with Crippen LogP contribution in [-0.4, -0.2) is 11.5 Å². The Kier molecular flexibility index (Phi) is 5.61. The van der Waals surface area contributed by atoms with Crippen LogP contribution in [0.2, 0.25) is 5.02 Å². The molecule has 3 nitrogen and oxygen atoms in total. The van der Waals surface area contributed by atoms with Crippen molar-refractivity contribution in [2.45, 2.75) is 24.9 Å². The molecule has 102 valence electrons. The lowest BCUT2D eigenvalue weighted by molar-refractivity contribution is 0.530. The minimum Gasteiger partial charge on any atom is -0.468 e. The van der Waals surface area contributed by atoms with Gasteiger partial charge in [-0.05, 0) is 30.7 Å². The standard InChI is InChI=1S/C14H17ClN2OS/c1-2-7-16-14-6-5-12(15)13(17-14)10-19-9-11-4-3-8-18-11/h3-6,8H,2,7,9-10H2,1H3,(H,16,17). The first-order valence-electron chi connectivity index (χ1n) is 6.29. The van der Waals surface area contributed by atoms with Crippen molar-refractivity contribution in [3.8, 4) is 0 Å². The highest BCUT2D eigenvalue weighted by molar-refractivity contribution is 7.97. The summed E-state index contributed by atoms with van der Waals surface area (Å²) in [6, 6.07) is 7.69. The van der Waals surface area contributed by atoms with Crippen molar-refractivity contribution >= 4 is 29.2 Å². The van der Waals surface area contributed by atoms with Crippen molar-refractivity contribution < 1.29 is 4.42 Å². The molecule has 0 aromatic carbocycles. The van der Waals surface area contributed by atoms with Crippen LogP contribution in [0.15, 0.2) is 34.9 Å². The van der Waals surface area contributed by atoms with Crippen molar-refractivity contribution in [1.82, 2.24) is 4.98 Å². The van der Waals surface area contributed by atoms with E-state index in [-0.39, 0.29) is 0 Å². The minimum absolute atomic E-state index is 0.717. The molecule has 2 heterocycles. The molecule has 0 fully saturated rings. The first kappa shape index (κ1) is 14.3. The maximum atomic E-state index is 6.16. The van der Waals surface area contributed by atoms with Crippen LogP contribution in [0.1, 0.15) is 24.8 Å². The van der Waals surface area contributed by atoms with Gasteiger partial charge in [-0.15, -0.1) is 11.8 Å². The molecule has 0 aliphatic carbocycles. The van der Waals surface area contributed by atoms with Gasteiger partial charge in [-0.25, -0.2) is 4.98 Å². The molecule has 2 aromatic heterocycles. The molecule has 5 heteroatoms. The van der Waals surface area contributed by atoms with Gasteiger partial charge in [0.15, 0.2) is 0 Å². The number of nitrogens with one attached hydrogen (secondary N) is 1. The van der Waals surface area contributed by atoms with Gasteiger partial charge in [0.2, 0.25) is 0 Å². The molecule has 0 unspecified atom stereocenters. The number of anilines is 1. The molecule has 2 rings (SSSR count). The normalized spacial score (nSPS) is 10.6. The molecule has 0 atom stereocenters. The molecule has 0 spiro atoms. The number of aromatic nitrogens is 1. The summed E-state index contributed by atoms with van der Waals surface area (Å²) in [5.41, 5.74) is 0.916. The first-order chi connectivity index (χ1) is 9.29. The maximum absolute atomic E-state index is 6.16. The summed E-state index contributed by atoms with van der Waals surface area (Å²) >= 11 is 7.91. The molecule has 0 amide bonds. The summed E-state index contributed by atoms with van der Waals surface area (Å²) in [6.07, 6.45) is 2.77. The minimum atomic E-state index is 0.717. The molecule has 0 bridgehead atoms. The lowest BCUT2D eigenvalue weighted by Gasteiger charge is -2.08. The summed E-state index contributed by atoms with van der Waals surface area (Å²) in [5, 5.41) is 3.99. The molecule has 1 N–H and O–H groups in total. The summed E-state index contributed by atoms with van der Waals surface area (Å²) in [7, 11) is 0. The lowest BCUT2D eigenvalue weighted by atomic mass is 10.3. The van der Waals surface area contributed by atoms with E-state index in [1.165, 1.54) is 0 Å². The summed E-state index contributed by atoms with van der Waals surface area (Å²) in [4.78, 5) is 4.53. The third kappa shape index (κ3) is 4.48. The molecular weight excluding hydrogens is 280 g/mol. The topological polar surface area (TPSA) is 38.1 Å². The average molecular weight is 297 g/mol. The van der Waals surface area contributed by atoms with Crippen LogP contribution in [0, 0.1) is 0 Å². The molecule has 0 aliphatic heterocycles. The zero-order valence-corrected chi connectivity index (χ0v) is 12.4. The number of rotatable bonds is 7. The van der Waals surface area contributed by atoms with Gasteiger partial charge >= 0.3 is 0 Å². The maximum Gasteiger partial charge on any atom is 0.126 e. The van der Waals surface area contributed by atoms with Crippen LogP contribution in [0.4, 0.5) is 5.82 Å². The van der Waals surface area contributed by atoms with Crippen molar-refractivity contribution in [3.05, 3.63) is 47.0 Å². The van der Waals surface area contributed by atoms with Gasteiger partial charge in [0.1, 0.15) is 11.6 Å². The number of thioether (sulfide) groups is 1. The van der Waals surface area contributed by atoms with Crippen LogP contribution in [-0.2, 0) is 11.5 Å². The van der Waals surface area contributed by atoms with E-state index in [9.17, 15) is 0 Å². The highest BCUT2D eigenvalue weighted by Gasteiger charge is 2.05. The molecule has 19 heavy (non-hydrogen) atoms. The highest BCUT2D eigenvalue weighted by Crippen LogP contribution is 2.23. The van der Waals surface area contributed by atoms with Crippen LogP contribution in [0.3, 0.4) is 0 Å². The zero-order valence-electron chi connectivity index (χ0n) is 10.9. The molecule has 0 radical (unpaired) electrons. The van der Waals surface area contributed by atoms with Crippen LogP contribution in [0.5, 0.6) is 0 Å². The van der Waals surface area contributed by atoms with E-state index in [2.05, 4.69) is 17.2 Å². The van der Waals surface area contributed by atoms with Crippen LogP contribution < -0.4 is 5.32 Å². The number of nitrogens with zero attached hydrogens (tertiary/aromatic N) is 1. The first-order valence-corrected chi connectivity index (χ1v) is 7.82. The zero-order chi connectivity index (χ0) is 13.5. The molecular formula is C14H17ClN2OS.